The van der Waals surface area contributed by atoms with Gasteiger partial charge in [-0.3, -0.25) is 9.59 Å². The summed E-state index contributed by atoms with van der Waals surface area (Å²) in [5, 5.41) is 4.96. The summed E-state index contributed by atoms with van der Waals surface area (Å²) >= 11 is 0. The van der Waals surface area contributed by atoms with Gasteiger partial charge in [-0.15, -0.1) is 0 Å². The summed E-state index contributed by atoms with van der Waals surface area (Å²) in [7, 11) is 0. The highest BCUT2D eigenvalue weighted by atomic mass is 19.1. The van der Waals surface area contributed by atoms with Crippen LogP contribution in [0.25, 0.3) is 0 Å². The molecule has 0 spiro atoms. The molecule has 0 bridgehead atoms. The molecule has 1 aromatic rings. The fourth-order valence-corrected chi connectivity index (χ4v) is 1.30. The van der Waals surface area contributed by atoms with Crippen LogP contribution in [0, 0.1) is 5.82 Å². The molecule has 1 rings (SSSR count). The maximum atomic E-state index is 12.9. The molecule has 0 aliphatic carbocycles. The van der Waals surface area contributed by atoms with Crippen molar-refractivity contribution in [1.82, 2.24) is 15.6 Å². The molecule has 1 heterocycles. The second-order valence-electron chi connectivity index (χ2n) is 3.68. The maximum absolute atomic E-state index is 12.9. The van der Waals surface area contributed by atoms with E-state index >= 15 is 0 Å². The molecule has 0 aliphatic rings. The molecule has 0 saturated heterocycles. The fraction of sp³-hybridized carbons (Fsp3) is 0.364. The van der Waals surface area contributed by atoms with Crippen molar-refractivity contribution >= 4 is 17.6 Å². The molecular formula is C11H15FN4O2. The molecule has 18 heavy (non-hydrogen) atoms. The van der Waals surface area contributed by atoms with Gasteiger partial charge in [0.1, 0.15) is 17.7 Å². The Morgan fingerprint density at radius 2 is 2.22 bits per heavy atom. The van der Waals surface area contributed by atoms with E-state index in [2.05, 4.69) is 15.6 Å². The van der Waals surface area contributed by atoms with E-state index < -0.39 is 17.8 Å². The number of aromatic nitrogens is 1. The Balaban J connectivity index is 2.76. The minimum atomic E-state index is -0.736. The van der Waals surface area contributed by atoms with Crippen molar-refractivity contribution in [1.29, 1.82) is 0 Å². The summed E-state index contributed by atoms with van der Waals surface area (Å²) in [4.78, 5) is 26.7. The number of rotatable bonds is 4. The first-order chi connectivity index (χ1) is 8.45. The molecule has 1 unspecified atom stereocenters. The summed E-state index contributed by atoms with van der Waals surface area (Å²) in [6.07, 6.45) is 0.916. The van der Waals surface area contributed by atoms with Crippen molar-refractivity contribution < 1.29 is 14.0 Å². The minimum Gasteiger partial charge on any atom is -0.383 e. The second kappa shape index (κ2) is 5.95. The number of pyridine rings is 1. The zero-order valence-electron chi connectivity index (χ0n) is 10.2. The molecule has 0 fully saturated rings. The molecule has 6 nitrogen and oxygen atoms in total. The van der Waals surface area contributed by atoms with Gasteiger partial charge in [0.25, 0.3) is 5.91 Å². The van der Waals surface area contributed by atoms with Gasteiger partial charge in [0, 0.05) is 6.54 Å². The number of carbonyl (C=O) groups is 2. The van der Waals surface area contributed by atoms with E-state index in [1.54, 1.807) is 6.92 Å². The first kappa shape index (κ1) is 13.9. The smallest absolute Gasteiger partial charge is 0.255 e. The Kier molecular flexibility index (Phi) is 4.59. The van der Waals surface area contributed by atoms with Crippen LogP contribution in [0.15, 0.2) is 12.3 Å². The lowest BCUT2D eigenvalue weighted by Gasteiger charge is -2.13. The van der Waals surface area contributed by atoms with Crippen molar-refractivity contribution in [3.63, 3.8) is 0 Å². The van der Waals surface area contributed by atoms with Crippen molar-refractivity contribution in [2.24, 2.45) is 0 Å². The summed E-state index contributed by atoms with van der Waals surface area (Å²) in [6.45, 7) is 3.75. The zero-order chi connectivity index (χ0) is 13.7. The van der Waals surface area contributed by atoms with Crippen LogP contribution in [0.4, 0.5) is 10.2 Å². The number of hydrogen-bond acceptors (Lipinski definition) is 4. The van der Waals surface area contributed by atoms with Crippen LogP contribution >= 0.6 is 0 Å². The first-order valence-corrected chi connectivity index (χ1v) is 5.45. The lowest BCUT2D eigenvalue weighted by Crippen LogP contribution is -2.44. The fourth-order valence-electron chi connectivity index (χ4n) is 1.30. The van der Waals surface area contributed by atoms with Crippen LogP contribution in [0.1, 0.15) is 24.2 Å². The predicted octanol–water partition coefficient (Wildman–Crippen LogP) is 0.0573. The van der Waals surface area contributed by atoms with E-state index in [4.69, 9.17) is 5.73 Å². The maximum Gasteiger partial charge on any atom is 0.255 e. The zero-order valence-corrected chi connectivity index (χ0v) is 10.2. The number of likely N-dealkylation sites (N-methyl/N-ethyl adjacent to an activating group) is 1. The molecular weight excluding hydrogens is 239 g/mol. The quantitative estimate of drug-likeness (QED) is 0.707. The van der Waals surface area contributed by atoms with E-state index in [1.165, 1.54) is 6.92 Å². The number of amides is 2. The van der Waals surface area contributed by atoms with E-state index in [-0.39, 0.29) is 17.3 Å². The topological polar surface area (TPSA) is 97.1 Å². The van der Waals surface area contributed by atoms with Gasteiger partial charge in [0.15, 0.2) is 0 Å². The highest BCUT2D eigenvalue weighted by Crippen LogP contribution is 2.09. The highest BCUT2D eigenvalue weighted by Gasteiger charge is 2.18. The van der Waals surface area contributed by atoms with Gasteiger partial charge in [0.2, 0.25) is 5.91 Å². The molecule has 4 N–H and O–H groups in total. The summed E-state index contributed by atoms with van der Waals surface area (Å²) in [5.41, 5.74) is 5.37. The van der Waals surface area contributed by atoms with Gasteiger partial charge in [0.05, 0.1) is 11.8 Å². The van der Waals surface area contributed by atoms with Gasteiger partial charge in [-0.2, -0.15) is 0 Å². The average molecular weight is 254 g/mol. The SMILES string of the molecule is CCNC(=O)C(C)NC(=O)c1cc(F)cnc1N. The standard InChI is InChI=1S/C11H15FN4O2/c1-3-14-10(17)6(2)16-11(18)8-4-7(12)5-15-9(8)13/h4-6H,3H2,1-2H3,(H2,13,15)(H,14,17)(H,16,18). The van der Waals surface area contributed by atoms with Crippen molar-refractivity contribution in [2.75, 3.05) is 12.3 Å². The number of halogens is 1. The summed E-state index contributed by atoms with van der Waals surface area (Å²) in [5.74, 6) is -1.72. The van der Waals surface area contributed by atoms with Crippen LogP contribution in [0.2, 0.25) is 0 Å². The molecule has 1 aromatic heterocycles. The third-order valence-corrected chi connectivity index (χ3v) is 2.22. The summed E-state index contributed by atoms with van der Waals surface area (Å²) < 4.78 is 12.9. The number of nitrogens with zero attached hydrogens (tertiary/aromatic N) is 1. The Labute approximate surface area is 104 Å². The number of nitrogens with two attached hydrogens (primary N) is 1. The molecule has 7 heteroatoms. The number of nitrogen functional groups attached to an aromatic ring is 1. The van der Waals surface area contributed by atoms with Crippen LogP contribution in [0.5, 0.6) is 0 Å². The van der Waals surface area contributed by atoms with Gasteiger partial charge >= 0.3 is 0 Å². The predicted molar refractivity (Wildman–Crippen MR) is 64.2 cm³/mol. The molecule has 98 valence electrons. The highest BCUT2D eigenvalue weighted by molar-refractivity contribution is 6.00. The summed E-state index contributed by atoms with van der Waals surface area (Å²) in [6, 6.07) is 0.238. The normalized spacial score (nSPS) is 11.7. The van der Waals surface area contributed by atoms with Crippen LogP contribution in [-0.2, 0) is 4.79 Å². The van der Waals surface area contributed by atoms with Gasteiger partial charge in [-0.25, -0.2) is 9.37 Å². The van der Waals surface area contributed by atoms with Crippen LogP contribution < -0.4 is 16.4 Å². The average Bonchev–Trinajstić information content (AvgIpc) is 2.32. The molecule has 0 aromatic carbocycles. The van der Waals surface area contributed by atoms with Crippen molar-refractivity contribution in [3.05, 3.63) is 23.6 Å². The van der Waals surface area contributed by atoms with Crippen molar-refractivity contribution in [2.45, 2.75) is 19.9 Å². The number of carbonyl (C=O) groups excluding carboxylic acids is 2. The third kappa shape index (κ3) is 3.41. The molecule has 1 atom stereocenters. The first-order valence-electron chi connectivity index (χ1n) is 5.45. The van der Waals surface area contributed by atoms with Crippen LogP contribution in [-0.4, -0.2) is 29.4 Å². The Morgan fingerprint density at radius 1 is 1.56 bits per heavy atom. The second-order valence-corrected chi connectivity index (χ2v) is 3.68. The van der Waals surface area contributed by atoms with Crippen molar-refractivity contribution in [3.8, 4) is 0 Å². The van der Waals surface area contributed by atoms with Crippen LogP contribution in [0.3, 0.4) is 0 Å². The molecule has 0 radical (unpaired) electrons. The Bertz CT molecular complexity index is 464. The monoisotopic (exact) mass is 254 g/mol. The number of nitrogens with one attached hydrogen (secondary N) is 2. The van der Waals surface area contributed by atoms with E-state index in [0.717, 1.165) is 12.3 Å². The third-order valence-electron chi connectivity index (χ3n) is 2.22. The molecule has 0 saturated carbocycles. The van der Waals surface area contributed by atoms with Gasteiger partial charge in [-0.05, 0) is 19.9 Å². The van der Waals surface area contributed by atoms with E-state index in [1.807, 2.05) is 0 Å². The lowest BCUT2D eigenvalue weighted by molar-refractivity contribution is -0.122. The van der Waals surface area contributed by atoms with Gasteiger partial charge in [-0.1, -0.05) is 0 Å². The lowest BCUT2D eigenvalue weighted by atomic mass is 10.2. The molecule has 2 amide bonds. The number of anilines is 1. The Hall–Kier alpha value is -2.18. The van der Waals surface area contributed by atoms with E-state index in [0.29, 0.717) is 6.54 Å². The largest absolute Gasteiger partial charge is 0.383 e. The Morgan fingerprint density at radius 3 is 2.83 bits per heavy atom. The molecule has 0 aliphatic heterocycles. The van der Waals surface area contributed by atoms with E-state index in [9.17, 15) is 14.0 Å². The minimum absolute atomic E-state index is 0.0861. The van der Waals surface area contributed by atoms with Gasteiger partial charge < -0.3 is 16.4 Å². The number of hydrogen-bond donors (Lipinski definition) is 3.